The van der Waals surface area contributed by atoms with E-state index in [9.17, 15) is 14.4 Å². The van der Waals surface area contributed by atoms with Gasteiger partial charge in [0.1, 0.15) is 5.76 Å². The van der Waals surface area contributed by atoms with Gasteiger partial charge in [-0.3, -0.25) is 0 Å². The second-order valence-electron chi connectivity index (χ2n) is 4.20. The summed E-state index contributed by atoms with van der Waals surface area (Å²) in [6, 6.07) is 1.50. The molecule has 80 valence electrons. The van der Waals surface area contributed by atoms with Gasteiger partial charge in [-0.15, -0.1) is 0 Å². The Kier molecular flexibility index (Phi) is 2.86. The Morgan fingerprint density at radius 2 is 2.07 bits per heavy atom. The predicted octanol–water partition coefficient (Wildman–Crippen LogP) is 0.386. The summed E-state index contributed by atoms with van der Waals surface area (Å²) in [7, 11) is -4.56. The van der Waals surface area contributed by atoms with E-state index in [0.29, 0.717) is 5.69 Å². The SMILES string of the molecule is CC(C)(C)c1cc(CP(=O)([O-])[O-])on1. The Morgan fingerprint density at radius 3 is 2.43 bits per heavy atom. The van der Waals surface area contributed by atoms with Crippen LogP contribution in [0.4, 0.5) is 0 Å². The minimum Gasteiger partial charge on any atom is -0.810 e. The fraction of sp³-hybridized carbons (Fsp3) is 0.625. The van der Waals surface area contributed by atoms with E-state index >= 15 is 0 Å². The lowest BCUT2D eigenvalue weighted by molar-refractivity contribution is -0.314. The lowest BCUT2D eigenvalue weighted by Gasteiger charge is -2.27. The Labute approximate surface area is 82.3 Å². The largest absolute Gasteiger partial charge is 0.810 e. The van der Waals surface area contributed by atoms with Crippen molar-refractivity contribution in [1.82, 2.24) is 5.16 Å². The molecule has 0 aliphatic rings. The average Bonchev–Trinajstić information content (AvgIpc) is 2.29. The van der Waals surface area contributed by atoms with Gasteiger partial charge in [0.25, 0.3) is 0 Å². The smallest absolute Gasteiger partial charge is 0.141 e. The van der Waals surface area contributed by atoms with Gasteiger partial charge in [-0.05, 0) is 0 Å². The Balaban J connectivity index is 2.85. The summed E-state index contributed by atoms with van der Waals surface area (Å²) >= 11 is 0. The van der Waals surface area contributed by atoms with Gasteiger partial charge >= 0.3 is 0 Å². The second kappa shape index (κ2) is 3.50. The van der Waals surface area contributed by atoms with Crippen LogP contribution in [-0.4, -0.2) is 5.16 Å². The van der Waals surface area contributed by atoms with Crippen molar-refractivity contribution in [3.05, 3.63) is 17.5 Å². The normalized spacial score (nSPS) is 13.2. The summed E-state index contributed by atoms with van der Waals surface area (Å²) in [6.07, 6.45) is -0.615. The van der Waals surface area contributed by atoms with Gasteiger partial charge in [0.05, 0.1) is 5.69 Å². The van der Waals surface area contributed by atoms with E-state index in [1.807, 2.05) is 20.8 Å². The monoisotopic (exact) mass is 217 g/mol. The average molecular weight is 217 g/mol. The molecule has 0 saturated heterocycles. The van der Waals surface area contributed by atoms with Gasteiger partial charge in [0, 0.05) is 17.6 Å². The van der Waals surface area contributed by atoms with E-state index in [2.05, 4.69) is 5.16 Å². The van der Waals surface area contributed by atoms with Crippen LogP contribution in [0, 0.1) is 0 Å². The number of rotatable bonds is 2. The molecule has 0 aliphatic carbocycles. The first-order valence-corrected chi connectivity index (χ1v) is 5.88. The van der Waals surface area contributed by atoms with Crippen LogP contribution in [0.5, 0.6) is 0 Å². The fourth-order valence-corrected chi connectivity index (χ4v) is 1.46. The first-order chi connectivity index (χ1) is 6.18. The quantitative estimate of drug-likeness (QED) is 0.668. The van der Waals surface area contributed by atoms with E-state index in [4.69, 9.17) is 4.52 Å². The molecule has 0 saturated carbocycles. The minimum absolute atomic E-state index is 0.100. The maximum atomic E-state index is 10.4. The molecule has 5 nitrogen and oxygen atoms in total. The second-order valence-corrected chi connectivity index (χ2v) is 5.74. The van der Waals surface area contributed by atoms with Crippen LogP contribution in [0.1, 0.15) is 32.2 Å². The van der Waals surface area contributed by atoms with Gasteiger partial charge in [-0.1, -0.05) is 33.5 Å². The molecular formula is C8H12NO4P-2. The molecule has 0 radical (unpaired) electrons. The number of nitrogens with zero attached hydrogens (tertiary/aromatic N) is 1. The first kappa shape index (κ1) is 11.4. The van der Waals surface area contributed by atoms with Crippen LogP contribution in [0.15, 0.2) is 10.6 Å². The molecule has 6 heteroatoms. The van der Waals surface area contributed by atoms with E-state index in [0.717, 1.165) is 0 Å². The molecule has 0 bridgehead atoms. The molecule has 0 aromatic carbocycles. The molecule has 0 unspecified atom stereocenters. The summed E-state index contributed by atoms with van der Waals surface area (Å²) in [5.74, 6) is 0.100. The van der Waals surface area contributed by atoms with Gasteiger partial charge < -0.3 is 18.9 Å². The van der Waals surface area contributed by atoms with Crippen LogP contribution in [0.3, 0.4) is 0 Å². The summed E-state index contributed by atoms with van der Waals surface area (Å²) in [6.45, 7) is 5.76. The highest BCUT2D eigenvalue weighted by Crippen LogP contribution is 2.31. The molecule has 0 amide bonds. The molecule has 0 atom stereocenters. The lowest BCUT2D eigenvalue weighted by Crippen LogP contribution is -2.15. The van der Waals surface area contributed by atoms with Crippen molar-refractivity contribution >= 4 is 7.60 Å². The third-order valence-electron chi connectivity index (χ3n) is 1.68. The third-order valence-corrected chi connectivity index (χ3v) is 2.38. The van der Waals surface area contributed by atoms with Crippen molar-refractivity contribution < 1.29 is 18.9 Å². The van der Waals surface area contributed by atoms with Gasteiger partial charge in [0.2, 0.25) is 0 Å². The van der Waals surface area contributed by atoms with E-state index < -0.39 is 13.8 Å². The maximum absolute atomic E-state index is 10.4. The summed E-state index contributed by atoms with van der Waals surface area (Å²) in [4.78, 5) is 20.9. The molecule has 1 heterocycles. The molecule has 0 aliphatic heterocycles. The van der Waals surface area contributed by atoms with E-state index in [-0.39, 0.29) is 11.2 Å². The highest BCUT2D eigenvalue weighted by molar-refractivity contribution is 7.47. The molecule has 0 N–H and O–H groups in total. The van der Waals surface area contributed by atoms with Crippen LogP contribution >= 0.6 is 7.60 Å². The topological polar surface area (TPSA) is 89.2 Å². The van der Waals surface area contributed by atoms with Crippen LogP contribution < -0.4 is 9.79 Å². The number of hydrogen-bond donors (Lipinski definition) is 0. The molecule has 1 aromatic rings. The lowest BCUT2D eigenvalue weighted by atomic mass is 9.92. The zero-order valence-corrected chi connectivity index (χ0v) is 9.21. The van der Waals surface area contributed by atoms with Gasteiger partial charge in [-0.25, -0.2) is 0 Å². The standard InChI is InChI=1S/C8H14NO4P/c1-8(2,3)7-4-6(13-9-7)5-14(10,11)12/h4H,5H2,1-3H3,(H2,10,11,12)/p-2. The third kappa shape index (κ3) is 3.25. The minimum atomic E-state index is -4.56. The first-order valence-electron chi connectivity index (χ1n) is 4.16. The summed E-state index contributed by atoms with van der Waals surface area (Å²) in [5, 5.41) is 3.70. The van der Waals surface area contributed by atoms with Crippen LogP contribution in [0.25, 0.3) is 0 Å². The van der Waals surface area contributed by atoms with Crippen LogP contribution in [-0.2, 0) is 16.1 Å². The number of hydrogen-bond acceptors (Lipinski definition) is 5. The summed E-state index contributed by atoms with van der Waals surface area (Å²) in [5.41, 5.74) is 0.429. The van der Waals surface area contributed by atoms with E-state index in [1.54, 1.807) is 0 Å². The van der Waals surface area contributed by atoms with Crippen molar-refractivity contribution in [1.29, 1.82) is 0 Å². The number of aromatic nitrogens is 1. The van der Waals surface area contributed by atoms with Crippen molar-refractivity contribution in [2.75, 3.05) is 0 Å². The molecule has 1 rings (SSSR count). The predicted molar refractivity (Wildman–Crippen MR) is 46.5 cm³/mol. The Bertz CT molecular complexity index is 360. The highest BCUT2D eigenvalue weighted by Gasteiger charge is 2.18. The summed E-state index contributed by atoms with van der Waals surface area (Å²) < 4.78 is 15.2. The Hall–Kier alpha value is -0.640. The zero-order valence-electron chi connectivity index (χ0n) is 8.31. The maximum Gasteiger partial charge on any atom is 0.141 e. The molecule has 1 aromatic heterocycles. The molecular weight excluding hydrogens is 205 g/mol. The van der Waals surface area contributed by atoms with Crippen molar-refractivity contribution in [2.24, 2.45) is 0 Å². The van der Waals surface area contributed by atoms with E-state index in [1.165, 1.54) is 6.07 Å². The molecule has 0 fully saturated rings. The van der Waals surface area contributed by atoms with Crippen molar-refractivity contribution in [2.45, 2.75) is 32.3 Å². The van der Waals surface area contributed by atoms with Gasteiger partial charge in [0.15, 0.2) is 0 Å². The molecule has 14 heavy (non-hydrogen) atoms. The van der Waals surface area contributed by atoms with Crippen molar-refractivity contribution in [3.8, 4) is 0 Å². The van der Waals surface area contributed by atoms with Crippen LogP contribution in [0.2, 0.25) is 0 Å². The van der Waals surface area contributed by atoms with Gasteiger partial charge in [-0.2, -0.15) is 0 Å². The van der Waals surface area contributed by atoms with Crippen molar-refractivity contribution in [3.63, 3.8) is 0 Å². The fourth-order valence-electron chi connectivity index (χ4n) is 0.932. The zero-order chi connectivity index (χ0) is 11.0. The Morgan fingerprint density at radius 1 is 1.50 bits per heavy atom. The highest BCUT2D eigenvalue weighted by atomic mass is 31.2. The molecule has 0 spiro atoms.